The van der Waals surface area contributed by atoms with Crippen LogP contribution in [0.25, 0.3) is 0 Å². The Morgan fingerprint density at radius 1 is 1.50 bits per heavy atom. The largest absolute Gasteiger partial charge is 0.493 e. The van der Waals surface area contributed by atoms with E-state index in [1.165, 1.54) is 0 Å². The first kappa shape index (κ1) is 12.8. The monoisotopic (exact) mass is 224 g/mol. The molecular weight excluding hydrogens is 204 g/mol. The van der Waals surface area contributed by atoms with Crippen molar-refractivity contribution in [2.45, 2.75) is 26.8 Å². The Labute approximate surface area is 96.7 Å². The Balaban J connectivity index is 2.82. The maximum Gasteiger partial charge on any atom is 0.160 e. The van der Waals surface area contributed by atoms with Crippen LogP contribution >= 0.6 is 0 Å². The van der Waals surface area contributed by atoms with Crippen LogP contribution in [0.3, 0.4) is 0 Å². The maximum absolute atomic E-state index is 9.08. The molecule has 0 saturated carbocycles. The minimum absolute atomic E-state index is 0.167. The Kier molecular flexibility index (Phi) is 4.55. The van der Waals surface area contributed by atoms with Crippen molar-refractivity contribution in [3.05, 3.63) is 18.0 Å². The molecule has 4 heteroatoms. The Hall–Kier alpha value is -1.29. The van der Waals surface area contributed by atoms with E-state index in [0.717, 1.165) is 17.1 Å². The Bertz CT molecular complexity index is 342. The predicted octanol–water partition coefficient (Wildman–Crippen LogP) is 1.83. The molecule has 16 heavy (non-hydrogen) atoms. The van der Waals surface area contributed by atoms with E-state index >= 15 is 0 Å². The fourth-order valence-corrected chi connectivity index (χ4v) is 1.37. The van der Waals surface area contributed by atoms with E-state index in [1.807, 2.05) is 26.8 Å². The molecule has 0 aliphatic rings. The van der Waals surface area contributed by atoms with Crippen LogP contribution in [-0.2, 0) is 0 Å². The number of hydrogen-bond acceptors (Lipinski definition) is 4. The van der Waals surface area contributed by atoms with Crippen molar-refractivity contribution in [1.29, 1.82) is 0 Å². The van der Waals surface area contributed by atoms with Gasteiger partial charge in [-0.3, -0.25) is 4.98 Å². The van der Waals surface area contributed by atoms with Gasteiger partial charge in [0.2, 0.25) is 0 Å². The van der Waals surface area contributed by atoms with Crippen LogP contribution in [0.2, 0.25) is 0 Å². The lowest BCUT2D eigenvalue weighted by atomic mass is 10.0. The number of anilines is 1. The first-order chi connectivity index (χ1) is 7.58. The molecule has 0 radical (unpaired) electrons. The van der Waals surface area contributed by atoms with Gasteiger partial charge >= 0.3 is 0 Å². The fraction of sp³-hybridized carbons (Fsp3) is 0.583. The first-order valence-corrected chi connectivity index (χ1v) is 5.46. The average Bonchev–Trinajstić information content (AvgIpc) is 2.28. The van der Waals surface area contributed by atoms with Gasteiger partial charge in [0.25, 0.3) is 0 Å². The van der Waals surface area contributed by atoms with Gasteiger partial charge in [-0.1, -0.05) is 6.92 Å². The molecule has 0 bridgehead atoms. The second-order valence-corrected chi connectivity index (χ2v) is 4.12. The minimum Gasteiger partial charge on any atom is -0.493 e. The molecule has 1 heterocycles. The number of methoxy groups -OCH3 is 1. The lowest BCUT2D eigenvalue weighted by Gasteiger charge is -2.21. The molecule has 0 aromatic carbocycles. The minimum atomic E-state index is 0.167. The summed E-state index contributed by atoms with van der Waals surface area (Å²) in [6, 6.07) is 2.13. The van der Waals surface area contributed by atoms with E-state index in [4.69, 9.17) is 9.84 Å². The third-order valence-corrected chi connectivity index (χ3v) is 2.75. The number of nitrogens with one attached hydrogen (secondary N) is 1. The first-order valence-electron chi connectivity index (χ1n) is 5.46. The van der Waals surface area contributed by atoms with E-state index in [2.05, 4.69) is 10.3 Å². The van der Waals surface area contributed by atoms with E-state index in [-0.39, 0.29) is 18.6 Å². The van der Waals surface area contributed by atoms with Crippen molar-refractivity contribution in [2.75, 3.05) is 19.0 Å². The molecule has 1 aromatic rings. The summed E-state index contributed by atoms with van der Waals surface area (Å²) in [6.45, 7) is 6.14. The third kappa shape index (κ3) is 3.10. The van der Waals surface area contributed by atoms with Crippen molar-refractivity contribution in [3.8, 4) is 5.75 Å². The quantitative estimate of drug-likeness (QED) is 0.801. The second-order valence-electron chi connectivity index (χ2n) is 4.12. The molecule has 90 valence electrons. The summed E-state index contributed by atoms with van der Waals surface area (Å²) in [5.74, 6) is 0.917. The third-order valence-electron chi connectivity index (χ3n) is 2.75. The van der Waals surface area contributed by atoms with E-state index in [0.29, 0.717) is 0 Å². The van der Waals surface area contributed by atoms with Crippen molar-refractivity contribution in [1.82, 2.24) is 4.98 Å². The number of hydrogen-bond donors (Lipinski definition) is 2. The van der Waals surface area contributed by atoms with Gasteiger partial charge in [-0.2, -0.15) is 0 Å². The molecule has 0 aliphatic heterocycles. The summed E-state index contributed by atoms with van der Waals surface area (Å²) in [5, 5.41) is 12.4. The summed E-state index contributed by atoms with van der Waals surface area (Å²) in [5.41, 5.74) is 1.86. The summed E-state index contributed by atoms with van der Waals surface area (Å²) in [6.07, 6.45) is 1.70. The topological polar surface area (TPSA) is 54.4 Å². The summed E-state index contributed by atoms with van der Waals surface area (Å²) >= 11 is 0. The van der Waals surface area contributed by atoms with Crippen molar-refractivity contribution in [2.24, 2.45) is 5.92 Å². The molecule has 2 unspecified atom stereocenters. The zero-order valence-electron chi connectivity index (χ0n) is 10.3. The molecule has 1 aromatic heterocycles. The van der Waals surface area contributed by atoms with Gasteiger partial charge in [0, 0.05) is 18.3 Å². The normalized spacial score (nSPS) is 14.3. The molecule has 0 spiro atoms. The van der Waals surface area contributed by atoms with Crippen LogP contribution in [0.5, 0.6) is 5.75 Å². The average molecular weight is 224 g/mol. The predicted molar refractivity (Wildman–Crippen MR) is 64.9 cm³/mol. The van der Waals surface area contributed by atoms with Crippen LogP contribution in [0.1, 0.15) is 19.5 Å². The maximum atomic E-state index is 9.08. The van der Waals surface area contributed by atoms with Crippen LogP contribution in [0.15, 0.2) is 12.3 Å². The molecule has 2 atom stereocenters. The number of aromatic nitrogens is 1. The van der Waals surface area contributed by atoms with E-state index in [9.17, 15) is 0 Å². The van der Waals surface area contributed by atoms with Crippen LogP contribution in [0, 0.1) is 12.8 Å². The number of aliphatic hydroxyl groups is 1. The molecule has 0 saturated heterocycles. The van der Waals surface area contributed by atoms with Gasteiger partial charge in [0.15, 0.2) is 5.75 Å². The molecule has 4 nitrogen and oxygen atoms in total. The molecule has 1 rings (SSSR count). The van der Waals surface area contributed by atoms with Gasteiger partial charge in [0.05, 0.1) is 19.0 Å². The standard InChI is InChI=1S/C12H20N2O2/c1-8(7-15)10(3)14-11-5-9(2)13-6-12(11)16-4/h5-6,8,10,15H,7H2,1-4H3,(H,13,14). The highest BCUT2D eigenvalue weighted by Crippen LogP contribution is 2.25. The smallest absolute Gasteiger partial charge is 0.160 e. The Morgan fingerprint density at radius 2 is 2.19 bits per heavy atom. The number of ether oxygens (including phenoxy) is 1. The summed E-state index contributed by atoms with van der Waals surface area (Å²) < 4.78 is 5.23. The highest BCUT2D eigenvalue weighted by Gasteiger charge is 2.13. The van der Waals surface area contributed by atoms with Crippen molar-refractivity contribution in [3.63, 3.8) is 0 Å². The van der Waals surface area contributed by atoms with Gasteiger partial charge in [-0.15, -0.1) is 0 Å². The second kappa shape index (κ2) is 5.70. The fourth-order valence-electron chi connectivity index (χ4n) is 1.37. The lowest BCUT2D eigenvalue weighted by molar-refractivity contribution is 0.226. The van der Waals surface area contributed by atoms with Crippen LogP contribution in [-0.4, -0.2) is 29.8 Å². The van der Waals surface area contributed by atoms with Gasteiger partial charge in [0.1, 0.15) is 0 Å². The summed E-state index contributed by atoms with van der Waals surface area (Å²) in [7, 11) is 1.62. The number of rotatable bonds is 5. The van der Waals surface area contributed by atoms with E-state index < -0.39 is 0 Å². The SMILES string of the molecule is COc1cnc(C)cc1NC(C)C(C)CO. The van der Waals surface area contributed by atoms with Gasteiger partial charge < -0.3 is 15.2 Å². The lowest BCUT2D eigenvalue weighted by Crippen LogP contribution is -2.26. The number of nitrogens with zero attached hydrogens (tertiary/aromatic N) is 1. The zero-order valence-corrected chi connectivity index (χ0v) is 10.3. The van der Waals surface area contributed by atoms with Gasteiger partial charge in [-0.25, -0.2) is 0 Å². The van der Waals surface area contributed by atoms with Crippen molar-refractivity contribution >= 4 is 5.69 Å². The molecule has 2 N–H and O–H groups in total. The van der Waals surface area contributed by atoms with Crippen molar-refractivity contribution < 1.29 is 9.84 Å². The highest BCUT2D eigenvalue weighted by atomic mass is 16.5. The molecular formula is C12H20N2O2. The molecule has 0 amide bonds. The highest BCUT2D eigenvalue weighted by molar-refractivity contribution is 5.56. The number of aryl methyl sites for hydroxylation is 1. The number of pyridine rings is 1. The van der Waals surface area contributed by atoms with Crippen LogP contribution in [0.4, 0.5) is 5.69 Å². The van der Waals surface area contributed by atoms with Gasteiger partial charge in [-0.05, 0) is 25.8 Å². The Morgan fingerprint density at radius 3 is 2.75 bits per heavy atom. The molecule has 0 aliphatic carbocycles. The van der Waals surface area contributed by atoms with E-state index in [1.54, 1.807) is 13.3 Å². The molecule has 0 fully saturated rings. The van der Waals surface area contributed by atoms with Crippen LogP contribution < -0.4 is 10.1 Å². The zero-order chi connectivity index (χ0) is 12.1. The number of aliphatic hydroxyl groups excluding tert-OH is 1. The summed E-state index contributed by atoms with van der Waals surface area (Å²) in [4.78, 5) is 4.17.